The van der Waals surface area contributed by atoms with Crippen LogP contribution in [0.5, 0.6) is 5.75 Å². The molecule has 0 atom stereocenters. The highest BCUT2D eigenvalue weighted by Crippen LogP contribution is 2.22. The van der Waals surface area contributed by atoms with E-state index in [4.69, 9.17) is 9.47 Å². The van der Waals surface area contributed by atoms with Crippen LogP contribution in [0.25, 0.3) is 0 Å². The van der Waals surface area contributed by atoms with E-state index < -0.39 is 11.7 Å². The molecule has 0 aliphatic carbocycles. The highest BCUT2D eigenvalue weighted by atomic mass is 19.1. The van der Waals surface area contributed by atoms with E-state index >= 15 is 0 Å². The fourth-order valence-electron chi connectivity index (χ4n) is 4.85. The molecule has 1 heterocycles. The Hall–Kier alpha value is -3.66. The number of nitrogens with zero attached hydrogens (tertiary/aromatic N) is 2. The lowest BCUT2D eigenvalue weighted by Gasteiger charge is -2.24. The first-order chi connectivity index (χ1) is 20.6. The van der Waals surface area contributed by atoms with Crippen molar-refractivity contribution < 1.29 is 23.5 Å². The molecule has 2 aromatic carbocycles. The Morgan fingerprint density at radius 1 is 1.05 bits per heavy atom. The van der Waals surface area contributed by atoms with Crippen molar-refractivity contribution in [2.24, 2.45) is 4.99 Å². The molecule has 3 N–H and O–H groups in total. The van der Waals surface area contributed by atoms with E-state index in [1.54, 1.807) is 37.8 Å². The summed E-state index contributed by atoms with van der Waals surface area (Å²) in [4.78, 5) is 32.0. The molecule has 3 amide bonds. The maximum Gasteiger partial charge on any atom is 0.437 e. The van der Waals surface area contributed by atoms with E-state index in [2.05, 4.69) is 20.9 Å². The number of carbonyl (C=O) groups is 2. The lowest BCUT2D eigenvalue weighted by Crippen LogP contribution is -2.48. The summed E-state index contributed by atoms with van der Waals surface area (Å²) in [7, 11) is 1.97. The van der Waals surface area contributed by atoms with Gasteiger partial charge in [0.15, 0.2) is 0 Å². The fraction of sp³-hybridized carbons (Fsp3) is 0.545. The molecule has 2 aromatic rings. The topological polar surface area (TPSA) is 104 Å². The molecule has 3 rings (SSSR count). The van der Waals surface area contributed by atoms with E-state index in [0.717, 1.165) is 55.3 Å². The zero-order valence-corrected chi connectivity index (χ0v) is 26.1. The summed E-state index contributed by atoms with van der Waals surface area (Å²) in [6, 6.07) is 11.9. The molecular weight excluding hydrogens is 549 g/mol. The first-order valence-corrected chi connectivity index (χ1v) is 15.4. The van der Waals surface area contributed by atoms with Crippen LogP contribution in [-0.2, 0) is 24.3 Å². The number of unbranched alkanes of at least 4 members (excludes halogenated alkanes) is 5. The summed E-state index contributed by atoms with van der Waals surface area (Å²) in [5.41, 5.74) is 1.83. The standard InChI is InChI=1S/C33H48FN5O4/c1-33(2,3)43-32(41)38-30-36-23-26-14-9-10-16-29(26)42-24-27-17-18-28(34)22-25(27)15-13-21-39(31(40)37-30)20-12-8-6-5-7-11-19-35-4/h9-10,14,16-18,22,35H,5-8,11-13,15,19-21,23-24H2,1-4H3,(H2,36,37,38,40,41). The van der Waals surface area contributed by atoms with Gasteiger partial charge in [0.2, 0.25) is 5.96 Å². The van der Waals surface area contributed by atoms with Crippen molar-refractivity contribution in [3.05, 3.63) is 65.0 Å². The normalized spacial score (nSPS) is 15.7. The predicted octanol–water partition coefficient (Wildman–Crippen LogP) is 6.30. The number of para-hydroxylation sites is 1. The zero-order chi connectivity index (χ0) is 31.1. The highest BCUT2D eigenvalue weighted by Gasteiger charge is 2.20. The Labute approximate surface area is 255 Å². The van der Waals surface area contributed by atoms with Crippen LogP contribution in [0.3, 0.4) is 0 Å². The second-order valence-electron chi connectivity index (χ2n) is 11.8. The Bertz CT molecular complexity index is 1210. The molecule has 0 unspecified atom stereocenters. The lowest BCUT2D eigenvalue weighted by atomic mass is 10.0. The minimum Gasteiger partial charge on any atom is -0.489 e. The number of benzene rings is 2. The first kappa shape index (κ1) is 33.8. The molecule has 1 aliphatic rings. The zero-order valence-electron chi connectivity index (χ0n) is 26.1. The molecule has 43 heavy (non-hydrogen) atoms. The van der Waals surface area contributed by atoms with Gasteiger partial charge in [-0.15, -0.1) is 4.99 Å². The number of rotatable bonds is 9. The summed E-state index contributed by atoms with van der Waals surface area (Å²) < 4.78 is 25.8. The third-order valence-electron chi connectivity index (χ3n) is 7.06. The second-order valence-corrected chi connectivity index (χ2v) is 11.8. The molecule has 0 spiro atoms. The molecule has 9 nitrogen and oxygen atoms in total. The fourth-order valence-corrected chi connectivity index (χ4v) is 4.85. The molecule has 236 valence electrons. The number of hydrogen-bond donors (Lipinski definition) is 3. The minimum atomic E-state index is -0.806. The molecule has 1 aliphatic heterocycles. The number of hydrogen-bond acceptors (Lipinski definition) is 5. The van der Waals surface area contributed by atoms with Crippen molar-refractivity contribution in [3.63, 3.8) is 0 Å². The van der Waals surface area contributed by atoms with Crippen LogP contribution in [-0.4, -0.2) is 55.3 Å². The maximum atomic E-state index is 14.2. The quantitative estimate of drug-likeness (QED) is 0.293. The summed E-state index contributed by atoms with van der Waals surface area (Å²) in [6.45, 7) is 7.84. The van der Waals surface area contributed by atoms with Crippen molar-refractivity contribution in [2.75, 3.05) is 26.7 Å². The van der Waals surface area contributed by atoms with Crippen LogP contribution < -0.4 is 20.7 Å². The Kier molecular flexibility index (Phi) is 13.7. The Balaban J connectivity index is 1.81. The Morgan fingerprint density at radius 2 is 1.79 bits per heavy atom. The number of ether oxygens (including phenoxy) is 2. The number of nitrogens with one attached hydrogen (secondary N) is 3. The van der Waals surface area contributed by atoms with Crippen LogP contribution in [0.4, 0.5) is 14.0 Å². The molecule has 0 aromatic heterocycles. The van der Waals surface area contributed by atoms with E-state index in [0.29, 0.717) is 31.7 Å². The van der Waals surface area contributed by atoms with E-state index in [-0.39, 0.29) is 31.0 Å². The number of aryl methyl sites for hydroxylation is 1. The average Bonchev–Trinajstić information content (AvgIpc) is 2.95. The van der Waals surface area contributed by atoms with Gasteiger partial charge in [-0.2, -0.15) is 0 Å². The van der Waals surface area contributed by atoms with Crippen molar-refractivity contribution in [1.82, 2.24) is 20.9 Å². The van der Waals surface area contributed by atoms with Gasteiger partial charge in [-0.05, 0) is 89.4 Å². The van der Waals surface area contributed by atoms with Crippen LogP contribution in [0.2, 0.25) is 0 Å². The number of guanidine groups is 1. The lowest BCUT2D eigenvalue weighted by molar-refractivity contribution is 0.0603. The molecule has 0 radical (unpaired) electrons. The predicted molar refractivity (Wildman–Crippen MR) is 168 cm³/mol. The number of carbonyl (C=O) groups excluding carboxylic acids is 2. The van der Waals surface area contributed by atoms with Crippen LogP contribution in [0.1, 0.15) is 82.4 Å². The molecule has 0 saturated heterocycles. The molecule has 10 heteroatoms. The van der Waals surface area contributed by atoms with Gasteiger partial charge >= 0.3 is 12.1 Å². The minimum absolute atomic E-state index is 0.00353. The van der Waals surface area contributed by atoms with Gasteiger partial charge in [-0.25, -0.2) is 14.0 Å². The third kappa shape index (κ3) is 12.6. The maximum absolute atomic E-state index is 14.2. The van der Waals surface area contributed by atoms with Gasteiger partial charge in [0.25, 0.3) is 0 Å². The molecular formula is C33H48FN5O4. The van der Waals surface area contributed by atoms with Gasteiger partial charge in [0.05, 0.1) is 0 Å². The van der Waals surface area contributed by atoms with Gasteiger partial charge in [-0.3, -0.25) is 5.32 Å². The highest BCUT2D eigenvalue weighted by molar-refractivity contribution is 6.00. The van der Waals surface area contributed by atoms with Crippen molar-refractivity contribution >= 4 is 18.1 Å². The number of halogens is 1. The van der Waals surface area contributed by atoms with E-state index in [1.165, 1.54) is 12.5 Å². The van der Waals surface area contributed by atoms with E-state index in [1.807, 2.05) is 31.3 Å². The SMILES string of the molecule is CNCCCCCCCCN1CCCc2cc(F)ccc2COc2ccccc2CNC(=NC(=O)OC(C)(C)C)NC1=O. The summed E-state index contributed by atoms with van der Waals surface area (Å²) in [6.07, 6.45) is 6.91. The van der Waals surface area contributed by atoms with Crippen molar-refractivity contribution in [1.29, 1.82) is 0 Å². The number of urea groups is 1. The summed E-state index contributed by atoms with van der Waals surface area (Å²) in [5, 5.41) is 9.08. The van der Waals surface area contributed by atoms with Gasteiger partial charge < -0.3 is 25.0 Å². The molecule has 0 saturated carbocycles. The van der Waals surface area contributed by atoms with E-state index in [9.17, 15) is 14.0 Å². The summed E-state index contributed by atoms with van der Waals surface area (Å²) in [5.74, 6) is 0.341. The number of amides is 3. The van der Waals surface area contributed by atoms with Crippen LogP contribution in [0.15, 0.2) is 47.5 Å². The van der Waals surface area contributed by atoms with Crippen molar-refractivity contribution in [3.8, 4) is 5.75 Å². The number of fused-ring (bicyclic) bond motifs is 2. The largest absolute Gasteiger partial charge is 0.489 e. The van der Waals surface area contributed by atoms with Gasteiger partial charge in [0.1, 0.15) is 23.8 Å². The van der Waals surface area contributed by atoms with Crippen molar-refractivity contribution in [2.45, 2.75) is 90.9 Å². The van der Waals surface area contributed by atoms with Crippen LogP contribution >= 0.6 is 0 Å². The molecule has 0 bridgehead atoms. The average molecular weight is 598 g/mol. The monoisotopic (exact) mass is 597 g/mol. The third-order valence-corrected chi connectivity index (χ3v) is 7.06. The second kappa shape index (κ2) is 17.5. The number of aliphatic imine (C=N–C) groups is 1. The van der Waals surface area contributed by atoms with Crippen LogP contribution in [0, 0.1) is 5.82 Å². The van der Waals surface area contributed by atoms with Gasteiger partial charge in [-0.1, -0.05) is 49.9 Å². The molecule has 0 fully saturated rings. The Morgan fingerprint density at radius 3 is 2.56 bits per heavy atom. The first-order valence-electron chi connectivity index (χ1n) is 15.4. The summed E-state index contributed by atoms with van der Waals surface area (Å²) >= 11 is 0. The van der Waals surface area contributed by atoms with Gasteiger partial charge in [0, 0.05) is 25.2 Å². The smallest absolute Gasteiger partial charge is 0.437 e.